The number of benzene rings is 2. The molecule has 0 saturated heterocycles. The highest BCUT2D eigenvalue weighted by molar-refractivity contribution is 6.05. The van der Waals surface area contributed by atoms with Crippen LogP contribution in [0.4, 0.5) is 0 Å². The number of fused-ring (bicyclic) bond motifs is 3. The van der Waals surface area contributed by atoms with Crippen LogP contribution in [0, 0.1) is 0 Å². The van der Waals surface area contributed by atoms with Gasteiger partial charge in [-0.15, -0.1) is 0 Å². The van der Waals surface area contributed by atoms with E-state index >= 15 is 0 Å². The van der Waals surface area contributed by atoms with Crippen LogP contribution in [0.1, 0.15) is 18.4 Å². The quantitative estimate of drug-likeness (QED) is 0.479. The van der Waals surface area contributed by atoms with E-state index in [-0.39, 0.29) is 23.9 Å². The fraction of sp³-hybridized carbons (Fsp3) is 0.261. The number of aromatic nitrogens is 3. The van der Waals surface area contributed by atoms with E-state index in [2.05, 4.69) is 15.3 Å². The zero-order chi connectivity index (χ0) is 22.0. The molecule has 2 aromatic carbocycles. The van der Waals surface area contributed by atoms with Crippen molar-refractivity contribution in [2.24, 2.45) is 0 Å². The molecule has 0 spiro atoms. The van der Waals surface area contributed by atoms with Crippen molar-refractivity contribution >= 4 is 27.8 Å². The third-order valence-electron chi connectivity index (χ3n) is 5.36. The smallest absolute Gasteiger partial charge is 0.278 e. The zero-order valence-corrected chi connectivity index (χ0v) is 17.6. The highest BCUT2D eigenvalue weighted by Gasteiger charge is 2.16. The average molecular weight is 420 g/mol. The SMILES string of the molecule is COc1cc2[nH]c3c(=O)n(CC(=O)NC[C@H](C)c4ccccc4)cnc3c2cc1OC. The van der Waals surface area contributed by atoms with E-state index in [9.17, 15) is 9.59 Å². The monoisotopic (exact) mass is 420 g/mol. The number of rotatable bonds is 7. The van der Waals surface area contributed by atoms with Crippen LogP contribution in [0.5, 0.6) is 11.5 Å². The molecule has 0 fully saturated rings. The minimum absolute atomic E-state index is 0.106. The van der Waals surface area contributed by atoms with Gasteiger partial charge in [0, 0.05) is 18.0 Å². The van der Waals surface area contributed by atoms with E-state index in [4.69, 9.17) is 9.47 Å². The molecule has 4 rings (SSSR count). The van der Waals surface area contributed by atoms with Crippen molar-refractivity contribution in [2.75, 3.05) is 20.8 Å². The van der Waals surface area contributed by atoms with Crippen LogP contribution in [0.2, 0.25) is 0 Å². The lowest BCUT2D eigenvalue weighted by Crippen LogP contribution is -2.34. The van der Waals surface area contributed by atoms with Crippen LogP contribution in [0.25, 0.3) is 21.9 Å². The van der Waals surface area contributed by atoms with Crippen molar-refractivity contribution < 1.29 is 14.3 Å². The molecule has 160 valence electrons. The molecular formula is C23H24N4O4. The molecule has 31 heavy (non-hydrogen) atoms. The Kier molecular flexibility index (Phi) is 5.62. The molecule has 0 unspecified atom stereocenters. The van der Waals surface area contributed by atoms with Gasteiger partial charge in [-0.3, -0.25) is 14.2 Å². The fourth-order valence-electron chi connectivity index (χ4n) is 3.61. The first-order valence-corrected chi connectivity index (χ1v) is 9.96. The van der Waals surface area contributed by atoms with Crippen LogP contribution in [-0.2, 0) is 11.3 Å². The summed E-state index contributed by atoms with van der Waals surface area (Å²) in [4.78, 5) is 32.9. The third-order valence-corrected chi connectivity index (χ3v) is 5.36. The van der Waals surface area contributed by atoms with Crippen molar-refractivity contribution in [3.05, 3.63) is 64.7 Å². The molecule has 1 atom stereocenters. The van der Waals surface area contributed by atoms with Gasteiger partial charge in [-0.25, -0.2) is 4.98 Å². The Morgan fingerprint density at radius 2 is 1.87 bits per heavy atom. The van der Waals surface area contributed by atoms with Crippen molar-refractivity contribution in [1.82, 2.24) is 19.9 Å². The Labute approximate surface area is 178 Å². The molecule has 2 N–H and O–H groups in total. The Hall–Kier alpha value is -3.81. The van der Waals surface area contributed by atoms with Crippen molar-refractivity contribution in [3.8, 4) is 11.5 Å². The van der Waals surface area contributed by atoms with Gasteiger partial charge in [0.25, 0.3) is 5.56 Å². The molecule has 2 heterocycles. The standard InChI is InChI=1S/C23H24N4O4/c1-14(15-7-5-4-6-8-15)11-24-20(28)12-27-13-25-21-16-9-18(30-2)19(31-3)10-17(16)26-22(21)23(27)29/h4-10,13-14,26H,11-12H2,1-3H3,(H,24,28)/t14-/m0/s1. The number of nitrogens with one attached hydrogen (secondary N) is 2. The first-order valence-electron chi connectivity index (χ1n) is 9.96. The van der Waals surface area contributed by atoms with E-state index < -0.39 is 0 Å². The van der Waals surface area contributed by atoms with Gasteiger partial charge < -0.3 is 19.8 Å². The van der Waals surface area contributed by atoms with Crippen molar-refractivity contribution in [1.29, 1.82) is 0 Å². The maximum absolute atomic E-state index is 13.0. The Morgan fingerprint density at radius 3 is 2.58 bits per heavy atom. The second-order valence-electron chi connectivity index (χ2n) is 7.39. The third kappa shape index (κ3) is 3.96. The van der Waals surface area contributed by atoms with Gasteiger partial charge in [-0.05, 0) is 17.5 Å². The number of methoxy groups -OCH3 is 2. The lowest BCUT2D eigenvalue weighted by Gasteiger charge is -2.13. The first kappa shape index (κ1) is 20.5. The number of hydrogen-bond donors (Lipinski definition) is 2. The summed E-state index contributed by atoms with van der Waals surface area (Å²) in [6.07, 6.45) is 1.40. The number of ether oxygens (including phenoxy) is 2. The predicted octanol–water partition coefficient (Wildman–Crippen LogP) is 2.81. The number of carbonyl (C=O) groups excluding carboxylic acids is 1. The van der Waals surface area contributed by atoms with Crippen LogP contribution in [0.3, 0.4) is 0 Å². The summed E-state index contributed by atoms with van der Waals surface area (Å²) in [5, 5.41) is 3.64. The number of H-pyrrole nitrogens is 1. The maximum atomic E-state index is 13.0. The molecule has 0 bridgehead atoms. The van der Waals surface area contributed by atoms with Gasteiger partial charge in [0.05, 0.1) is 26.1 Å². The van der Waals surface area contributed by atoms with Crippen LogP contribution < -0.4 is 20.3 Å². The maximum Gasteiger partial charge on any atom is 0.278 e. The molecule has 1 amide bonds. The minimum atomic E-state index is -0.314. The topological polar surface area (TPSA) is 98.2 Å². The summed E-state index contributed by atoms with van der Waals surface area (Å²) in [6.45, 7) is 2.42. The lowest BCUT2D eigenvalue weighted by molar-refractivity contribution is -0.121. The van der Waals surface area contributed by atoms with Gasteiger partial charge in [0.1, 0.15) is 17.6 Å². The number of amides is 1. The predicted molar refractivity (Wildman–Crippen MR) is 119 cm³/mol. The van der Waals surface area contributed by atoms with Gasteiger partial charge in [-0.1, -0.05) is 37.3 Å². The molecule has 0 aliphatic heterocycles. The summed E-state index contributed by atoms with van der Waals surface area (Å²) in [6, 6.07) is 13.5. The summed E-state index contributed by atoms with van der Waals surface area (Å²) in [7, 11) is 3.10. The van der Waals surface area contributed by atoms with Gasteiger partial charge in [0.15, 0.2) is 11.5 Å². The van der Waals surface area contributed by atoms with Gasteiger partial charge in [-0.2, -0.15) is 0 Å². The second kappa shape index (κ2) is 8.51. The Balaban J connectivity index is 1.55. The van der Waals surface area contributed by atoms with E-state index in [0.29, 0.717) is 34.6 Å². The highest BCUT2D eigenvalue weighted by Crippen LogP contribution is 2.34. The molecule has 2 aromatic heterocycles. The summed E-state index contributed by atoms with van der Waals surface area (Å²) in [5.74, 6) is 1.02. The molecule has 0 aliphatic carbocycles. The molecule has 4 aromatic rings. The molecule has 0 radical (unpaired) electrons. The van der Waals surface area contributed by atoms with E-state index in [1.54, 1.807) is 26.4 Å². The zero-order valence-electron chi connectivity index (χ0n) is 17.6. The minimum Gasteiger partial charge on any atom is -0.493 e. The first-order chi connectivity index (χ1) is 15.0. The number of carbonyl (C=O) groups is 1. The van der Waals surface area contributed by atoms with E-state index in [1.807, 2.05) is 37.3 Å². The number of hydrogen-bond acceptors (Lipinski definition) is 5. The lowest BCUT2D eigenvalue weighted by atomic mass is 10.0. The Morgan fingerprint density at radius 1 is 1.16 bits per heavy atom. The van der Waals surface area contributed by atoms with Crippen LogP contribution in [-0.4, -0.2) is 41.2 Å². The normalized spacial score (nSPS) is 12.1. The molecule has 8 nitrogen and oxygen atoms in total. The van der Waals surface area contributed by atoms with Crippen molar-refractivity contribution in [2.45, 2.75) is 19.4 Å². The number of nitrogens with zero attached hydrogens (tertiary/aromatic N) is 2. The molecule has 8 heteroatoms. The van der Waals surface area contributed by atoms with Gasteiger partial charge in [0.2, 0.25) is 5.91 Å². The summed E-state index contributed by atoms with van der Waals surface area (Å²) >= 11 is 0. The van der Waals surface area contributed by atoms with Crippen LogP contribution >= 0.6 is 0 Å². The molecule has 0 aliphatic rings. The van der Waals surface area contributed by atoms with Crippen molar-refractivity contribution in [3.63, 3.8) is 0 Å². The average Bonchev–Trinajstić information content (AvgIpc) is 3.17. The van der Waals surface area contributed by atoms with E-state index in [0.717, 1.165) is 10.9 Å². The second-order valence-corrected chi connectivity index (χ2v) is 7.39. The van der Waals surface area contributed by atoms with Crippen LogP contribution in [0.15, 0.2) is 53.6 Å². The summed E-state index contributed by atoms with van der Waals surface area (Å²) < 4.78 is 12.0. The largest absolute Gasteiger partial charge is 0.493 e. The van der Waals surface area contributed by atoms with Gasteiger partial charge >= 0.3 is 0 Å². The molecule has 0 saturated carbocycles. The fourth-order valence-corrected chi connectivity index (χ4v) is 3.61. The number of aromatic amines is 1. The summed E-state index contributed by atoms with van der Waals surface area (Å²) in [5.41, 5.74) is 2.39. The Bertz CT molecular complexity index is 1290. The highest BCUT2D eigenvalue weighted by atomic mass is 16.5. The molecular weight excluding hydrogens is 396 g/mol. The van der Waals surface area contributed by atoms with E-state index in [1.165, 1.54) is 10.9 Å².